The summed E-state index contributed by atoms with van der Waals surface area (Å²) < 4.78 is 11.6. The largest absolute Gasteiger partial charge is 0.457 e. The molecule has 5 rings (SSSR count). The minimum absolute atomic E-state index is 0.282. The molecule has 0 fully saturated rings. The van der Waals surface area contributed by atoms with Crippen LogP contribution in [0, 0.1) is 13.8 Å². The van der Waals surface area contributed by atoms with Crippen molar-refractivity contribution in [3.05, 3.63) is 94.8 Å². The van der Waals surface area contributed by atoms with Crippen molar-refractivity contribution in [3.8, 4) is 22.8 Å². The van der Waals surface area contributed by atoms with Gasteiger partial charge in [0.05, 0.1) is 0 Å². The zero-order valence-corrected chi connectivity index (χ0v) is 19.3. The Morgan fingerprint density at radius 3 is 2.62 bits per heavy atom. The van der Waals surface area contributed by atoms with Crippen LogP contribution >= 0.6 is 11.6 Å². The van der Waals surface area contributed by atoms with Gasteiger partial charge in [0.1, 0.15) is 17.0 Å². The Bertz CT molecular complexity index is 1520. The highest BCUT2D eigenvalue weighted by Gasteiger charge is 2.12. The van der Waals surface area contributed by atoms with E-state index in [1.54, 1.807) is 24.4 Å². The summed E-state index contributed by atoms with van der Waals surface area (Å²) in [5, 5.41) is 3.58. The fourth-order valence-corrected chi connectivity index (χ4v) is 3.64. The first-order valence-electron chi connectivity index (χ1n) is 10.6. The molecule has 6 nitrogen and oxygen atoms in total. The van der Waals surface area contributed by atoms with Gasteiger partial charge in [-0.25, -0.2) is 9.97 Å². The maximum atomic E-state index is 12.6. The standard InChI is InChI=1S/C27H20ClN3O3/c1-16-5-7-18(14-21(16)28)24-11-9-20(33-24)10-12-25(32)30-23-15-19(8-6-17(23)2)26-31-22-4-3-13-29-27(22)34-26/h3-15H,1-2H3,(H,30,32). The molecule has 0 spiro atoms. The number of amides is 1. The van der Waals surface area contributed by atoms with E-state index in [1.165, 1.54) is 6.08 Å². The molecule has 0 unspecified atom stereocenters. The van der Waals surface area contributed by atoms with Gasteiger partial charge in [-0.2, -0.15) is 0 Å². The first-order valence-corrected chi connectivity index (χ1v) is 11.0. The Balaban J connectivity index is 1.31. The molecule has 3 aromatic heterocycles. The van der Waals surface area contributed by atoms with Crippen molar-refractivity contribution in [3.63, 3.8) is 0 Å². The van der Waals surface area contributed by atoms with Crippen LogP contribution in [0.3, 0.4) is 0 Å². The molecule has 168 valence electrons. The highest BCUT2D eigenvalue weighted by Crippen LogP contribution is 2.28. The molecule has 0 saturated heterocycles. The molecule has 2 aromatic carbocycles. The summed E-state index contributed by atoms with van der Waals surface area (Å²) in [7, 11) is 0. The number of anilines is 1. The van der Waals surface area contributed by atoms with Crippen molar-refractivity contribution < 1.29 is 13.6 Å². The van der Waals surface area contributed by atoms with E-state index in [4.69, 9.17) is 20.4 Å². The smallest absolute Gasteiger partial charge is 0.248 e. The number of nitrogens with one attached hydrogen (secondary N) is 1. The molecule has 34 heavy (non-hydrogen) atoms. The number of aryl methyl sites for hydroxylation is 2. The van der Waals surface area contributed by atoms with Gasteiger partial charge >= 0.3 is 0 Å². The van der Waals surface area contributed by atoms with Crippen LogP contribution < -0.4 is 5.32 Å². The third-order valence-electron chi connectivity index (χ3n) is 5.39. The lowest BCUT2D eigenvalue weighted by molar-refractivity contribution is -0.111. The molecule has 0 aliphatic carbocycles. The molecule has 0 bridgehead atoms. The van der Waals surface area contributed by atoms with E-state index in [9.17, 15) is 4.79 Å². The molecule has 0 atom stereocenters. The molecular formula is C27H20ClN3O3. The Morgan fingerprint density at radius 1 is 0.971 bits per heavy atom. The normalized spacial score (nSPS) is 11.4. The zero-order chi connectivity index (χ0) is 23.7. The topological polar surface area (TPSA) is 81.2 Å². The summed E-state index contributed by atoms with van der Waals surface area (Å²) in [6.45, 7) is 3.87. The number of halogens is 1. The zero-order valence-electron chi connectivity index (χ0n) is 18.5. The van der Waals surface area contributed by atoms with Crippen molar-refractivity contribution in [2.45, 2.75) is 13.8 Å². The molecule has 1 amide bonds. The number of carbonyl (C=O) groups is 1. The maximum absolute atomic E-state index is 12.6. The number of aromatic nitrogens is 2. The van der Waals surface area contributed by atoms with Crippen molar-refractivity contribution in [2.75, 3.05) is 5.32 Å². The number of furan rings is 1. The third kappa shape index (κ3) is 4.49. The summed E-state index contributed by atoms with van der Waals surface area (Å²) in [5.74, 6) is 1.40. The number of pyridine rings is 1. The number of fused-ring (bicyclic) bond motifs is 1. The van der Waals surface area contributed by atoms with Crippen LogP contribution in [0.4, 0.5) is 5.69 Å². The number of hydrogen-bond donors (Lipinski definition) is 1. The second-order valence-corrected chi connectivity index (χ2v) is 8.27. The molecule has 0 aliphatic rings. The van der Waals surface area contributed by atoms with Gasteiger partial charge in [0.2, 0.25) is 17.5 Å². The lowest BCUT2D eigenvalue weighted by Crippen LogP contribution is -2.09. The predicted molar refractivity (Wildman–Crippen MR) is 134 cm³/mol. The summed E-state index contributed by atoms with van der Waals surface area (Å²) in [6, 6.07) is 18.7. The van der Waals surface area contributed by atoms with Gasteiger partial charge in [-0.15, -0.1) is 0 Å². The molecule has 0 radical (unpaired) electrons. The number of rotatable bonds is 5. The van der Waals surface area contributed by atoms with Crippen LogP contribution in [-0.2, 0) is 4.79 Å². The van der Waals surface area contributed by atoms with Gasteiger partial charge < -0.3 is 14.2 Å². The molecule has 0 saturated carbocycles. The van der Waals surface area contributed by atoms with Crippen LogP contribution in [0.2, 0.25) is 5.02 Å². The van der Waals surface area contributed by atoms with Crippen LogP contribution in [-0.4, -0.2) is 15.9 Å². The summed E-state index contributed by atoms with van der Waals surface area (Å²) >= 11 is 6.21. The molecule has 1 N–H and O–H groups in total. The predicted octanol–water partition coefficient (Wildman–Crippen LogP) is 7.07. The average molecular weight is 470 g/mol. The molecule has 0 aliphatic heterocycles. The number of carbonyl (C=O) groups excluding carboxylic acids is 1. The van der Waals surface area contributed by atoms with Gasteiger partial charge in [0.25, 0.3) is 0 Å². The van der Waals surface area contributed by atoms with Crippen LogP contribution in [0.25, 0.3) is 40.1 Å². The number of benzene rings is 2. The van der Waals surface area contributed by atoms with E-state index in [0.29, 0.717) is 39.4 Å². The van der Waals surface area contributed by atoms with Gasteiger partial charge in [-0.1, -0.05) is 29.8 Å². The molecule has 5 aromatic rings. The van der Waals surface area contributed by atoms with E-state index in [0.717, 1.165) is 22.3 Å². The molecular weight excluding hydrogens is 450 g/mol. The summed E-state index contributed by atoms with van der Waals surface area (Å²) in [5.41, 5.74) is 5.35. The van der Waals surface area contributed by atoms with E-state index in [1.807, 2.05) is 62.4 Å². The molecule has 3 heterocycles. The number of nitrogens with zero attached hydrogens (tertiary/aromatic N) is 2. The van der Waals surface area contributed by atoms with Gasteiger partial charge in [0, 0.05) is 34.1 Å². The van der Waals surface area contributed by atoms with Crippen molar-refractivity contribution in [1.82, 2.24) is 9.97 Å². The summed E-state index contributed by atoms with van der Waals surface area (Å²) in [4.78, 5) is 21.2. The summed E-state index contributed by atoms with van der Waals surface area (Å²) in [6.07, 6.45) is 4.71. The number of oxazole rings is 1. The highest BCUT2D eigenvalue weighted by molar-refractivity contribution is 6.31. The fraction of sp³-hybridized carbons (Fsp3) is 0.0741. The minimum atomic E-state index is -0.282. The lowest BCUT2D eigenvalue weighted by atomic mass is 10.1. The van der Waals surface area contributed by atoms with E-state index in [2.05, 4.69) is 15.3 Å². The van der Waals surface area contributed by atoms with Gasteiger partial charge in [-0.05, 0) is 73.5 Å². The highest BCUT2D eigenvalue weighted by atomic mass is 35.5. The Kier molecular flexibility index (Phi) is 5.74. The second kappa shape index (κ2) is 9.00. The average Bonchev–Trinajstić information content (AvgIpc) is 3.48. The Hall–Kier alpha value is -4.16. The van der Waals surface area contributed by atoms with Crippen molar-refractivity contribution in [1.29, 1.82) is 0 Å². The Labute approximate surface area is 200 Å². The fourth-order valence-electron chi connectivity index (χ4n) is 3.46. The monoisotopic (exact) mass is 469 g/mol. The van der Waals surface area contributed by atoms with E-state index < -0.39 is 0 Å². The van der Waals surface area contributed by atoms with Crippen LogP contribution in [0.15, 0.2) is 81.8 Å². The maximum Gasteiger partial charge on any atom is 0.248 e. The second-order valence-electron chi connectivity index (χ2n) is 7.86. The minimum Gasteiger partial charge on any atom is -0.457 e. The molecule has 7 heteroatoms. The van der Waals surface area contributed by atoms with Crippen molar-refractivity contribution >= 4 is 40.5 Å². The lowest BCUT2D eigenvalue weighted by Gasteiger charge is -2.07. The van der Waals surface area contributed by atoms with Gasteiger partial charge in [0.15, 0.2) is 0 Å². The van der Waals surface area contributed by atoms with Crippen LogP contribution in [0.5, 0.6) is 0 Å². The first-order chi connectivity index (χ1) is 16.5. The number of hydrogen-bond acceptors (Lipinski definition) is 5. The van der Waals surface area contributed by atoms with E-state index >= 15 is 0 Å². The quantitative estimate of drug-likeness (QED) is 0.278. The van der Waals surface area contributed by atoms with Crippen LogP contribution in [0.1, 0.15) is 16.9 Å². The van der Waals surface area contributed by atoms with Gasteiger partial charge in [-0.3, -0.25) is 4.79 Å². The Morgan fingerprint density at radius 2 is 1.79 bits per heavy atom. The third-order valence-corrected chi connectivity index (χ3v) is 5.80. The SMILES string of the molecule is Cc1ccc(-c2ccc(C=CC(=O)Nc3cc(-c4nc5cccnc5o4)ccc3C)o2)cc1Cl. The first kappa shape index (κ1) is 21.7. The van der Waals surface area contributed by atoms with Crippen molar-refractivity contribution in [2.24, 2.45) is 0 Å². The van der Waals surface area contributed by atoms with E-state index in [-0.39, 0.29) is 5.91 Å².